The minimum Gasteiger partial charge on any atom is -0.378 e. The molecular formula is C21H23N5O4S. The summed E-state index contributed by atoms with van der Waals surface area (Å²) in [4.78, 5) is 27.1. The number of hydrogen-bond acceptors (Lipinski definition) is 6. The first kappa shape index (κ1) is 21.0. The Morgan fingerprint density at radius 1 is 1.23 bits per heavy atom. The van der Waals surface area contributed by atoms with Crippen molar-refractivity contribution in [2.75, 3.05) is 38.3 Å². The molecule has 2 aliphatic heterocycles. The molecular weight excluding hydrogens is 418 g/mol. The van der Waals surface area contributed by atoms with Gasteiger partial charge >= 0.3 is 0 Å². The van der Waals surface area contributed by atoms with E-state index in [0.29, 0.717) is 48.5 Å². The summed E-state index contributed by atoms with van der Waals surface area (Å²) >= 11 is 5.13. The third-order valence-corrected chi connectivity index (χ3v) is 5.99. The number of amides is 1. The molecule has 2 saturated heterocycles. The van der Waals surface area contributed by atoms with Gasteiger partial charge in [0.2, 0.25) is 0 Å². The van der Waals surface area contributed by atoms with Crippen molar-refractivity contribution in [2.24, 2.45) is 0 Å². The molecule has 0 bridgehead atoms. The van der Waals surface area contributed by atoms with Gasteiger partial charge in [-0.2, -0.15) is 0 Å². The monoisotopic (exact) mass is 441 g/mol. The fraction of sp³-hybridized carbons (Fsp3) is 0.333. The standard InChI is InChI=1S/C21H23N5O4S/c1-13-10-15(11-17-20(27)23(3)21(31)22-17)14(2)25(13)16-4-5-18(19(12-16)26(28)29)24-6-8-30-9-7-24/h4-5,10-12H,6-9H2,1-3H3,(H,22,31)/b17-11-. The number of nitrogens with zero attached hydrogens (tertiary/aromatic N) is 4. The van der Waals surface area contributed by atoms with Crippen LogP contribution in [0.3, 0.4) is 0 Å². The summed E-state index contributed by atoms with van der Waals surface area (Å²) in [6.45, 7) is 6.20. The Bertz CT molecular complexity index is 1120. The number of nitrogens with one attached hydrogen (secondary N) is 1. The van der Waals surface area contributed by atoms with E-state index >= 15 is 0 Å². The average molecular weight is 442 g/mol. The topological polar surface area (TPSA) is 92.9 Å². The van der Waals surface area contributed by atoms with Crippen LogP contribution in [0.1, 0.15) is 17.0 Å². The van der Waals surface area contributed by atoms with Crippen LogP contribution < -0.4 is 10.2 Å². The van der Waals surface area contributed by atoms with E-state index in [2.05, 4.69) is 5.32 Å². The van der Waals surface area contributed by atoms with Gasteiger partial charge in [-0.3, -0.25) is 19.8 Å². The summed E-state index contributed by atoms with van der Waals surface area (Å²) in [6.07, 6.45) is 1.76. The Kier molecular flexibility index (Phi) is 5.50. The van der Waals surface area contributed by atoms with E-state index in [1.54, 1.807) is 25.3 Å². The molecule has 0 radical (unpaired) electrons. The predicted octanol–water partition coefficient (Wildman–Crippen LogP) is 2.53. The molecule has 1 N–H and O–H groups in total. The van der Waals surface area contributed by atoms with E-state index in [0.717, 1.165) is 17.0 Å². The molecule has 2 aromatic rings. The lowest BCUT2D eigenvalue weighted by Gasteiger charge is -2.28. The maximum Gasteiger partial charge on any atom is 0.294 e. The second-order valence-corrected chi connectivity index (χ2v) is 7.93. The van der Waals surface area contributed by atoms with E-state index in [1.165, 1.54) is 4.90 Å². The minimum atomic E-state index is -0.344. The molecule has 1 amide bonds. The van der Waals surface area contributed by atoms with E-state index in [9.17, 15) is 14.9 Å². The minimum absolute atomic E-state index is 0.0615. The highest BCUT2D eigenvalue weighted by Crippen LogP contribution is 2.33. The summed E-state index contributed by atoms with van der Waals surface area (Å²) in [7, 11) is 1.62. The molecule has 0 saturated carbocycles. The number of nitro benzene ring substituents is 1. The van der Waals surface area contributed by atoms with Crippen molar-refractivity contribution in [1.29, 1.82) is 0 Å². The number of anilines is 1. The maximum atomic E-state index is 12.3. The third-order valence-electron chi connectivity index (χ3n) is 5.62. The second kappa shape index (κ2) is 8.12. The van der Waals surface area contributed by atoms with E-state index in [-0.39, 0.29) is 16.5 Å². The number of nitro groups is 1. The van der Waals surface area contributed by atoms with Gasteiger partial charge in [-0.25, -0.2) is 0 Å². The Hall–Kier alpha value is -3.24. The third kappa shape index (κ3) is 3.79. The predicted molar refractivity (Wildman–Crippen MR) is 121 cm³/mol. The van der Waals surface area contributed by atoms with Crippen molar-refractivity contribution in [1.82, 2.24) is 14.8 Å². The SMILES string of the molecule is Cc1cc(/C=C2\NC(=S)N(C)C2=O)c(C)n1-c1ccc(N2CCOCC2)c([N+](=O)[O-])c1. The molecule has 9 nitrogen and oxygen atoms in total. The summed E-state index contributed by atoms with van der Waals surface area (Å²) in [5.41, 5.74) is 4.37. The zero-order chi connectivity index (χ0) is 22.3. The van der Waals surface area contributed by atoms with Gasteiger partial charge in [-0.1, -0.05) is 0 Å². The molecule has 0 atom stereocenters. The molecule has 162 valence electrons. The number of rotatable bonds is 4. The summed E-state index contributed by atoms with van der Waals surface area (Å²) in [6, 6.07) is 7.23. The van der Waals surface area contributed by atoms with Gasteiger partial charge in [0.1, 0.15) is 11.4 Å². The smallest absolute Gasteiger partial charge is 0.294 e. The first-order valence-electron chi connectivity index (χ1n) is 9.89. The van der Waals surface area contributed by atoms with Gasteiger partial charge in [-0.15, -0.1) is 0 Å². The lowest BCUT2D eigenvalue weighted by atomic mass is 10.2. The average Bonchev–Trinajstić information content (AvgIpc) is 3.17. The zero-order valence-corrected chi connectivity index (χ0v) is 18.4. The zero-order valence-electron chi connectivity index (χ0n) is 17.5. The Morgan fingerprint density at radius 2 is 1.94 bits per heavy atom. The molecule has 0 aliphatic carbocycles. The Balaban J connectivity index is 1.73. The highest BCUT2D eigenvalue weighted by Gasteiger charge is 2.28. The number of aromatic nitrogens is 1. The number of aryl methyl sites for hydroxylation is 1. The fourth-order valence-corrected chi connectivity index (χ4v) is 4.17. The number of thiocarbonyl (C=S) groups is 1. The Morgan fingerprint density at radius 3 is 2.55 bits per heavy atom. The first-order valence-corrected chi connectivity index (χ1v) is 10.3. The number of morpholine rings is 1. The van der Waals surface area contributed by atoms with Gasteiger partial charge in [0.05, 0.1) is 23.8 Å². The van der Waals surface area contributed by atoms with Crippen LogP contribution >= 0.6 is 12.2 Å². The first-order chi connectivity index (χ1) is 14.8. The van der Waals surface area contributed by atoms with E-state index in [4.69, 9.17) is 17.0 Å². The van der Waals surface area contributed by atoms with Gasteiger partial charge in [0, 0.05) is 37.6 Å². The van der Waals surface area contributed by atoms with Crippen LogP contribution in [-0.4, -0.2) is 58.8 Å². The van der Waals surface area contributed by atoms with E-state index < -0.39 is 0 Å². The van der Waals surface area contributed by atoms with Crippen LogP contribution in [0.5, 0.6) is 0 Å². The van der Waals surface area contributed by atoms with E-state index in [1.807, 2.05) is 35.4 Å². The van der Waals surface area contributed by atoms with Crippen molar-refractivity contribution in [3.05, 3.63) is 57.0 Å². The molecule has 1 aromatic carbocycles. The Labute approximate surface area is 185 Å². The molecule has 0 unspecified atom stereocenters. The molecule has 10 heteroatoms. The number of benzene rings is 1. The van der Waals surface area contributed by atoms with Crippen LogP contribution in [0, 0.1) is 24.0 Å². The van der Waals surface area contributed by atoms with Crippen molar-refractivity contribution in [3.8, 4) is 5.69 Å². The quantitative estimate of drug-likeness (QED) is 0.337. The largest absolute Gasteiger partial charge is 0.378 e. The lowest BCUT2D eigenvalue weighted by molar-refractivity contribution is -0.384. The number of carbonyl (C=O) groups is 1. The van der Waals surface area contributed by atoms with Crippen LogP contribution in [-0.2, 0) is 9.53 Å². The maximum absolute atomic E-state index is 12.3. The highest BCUT2D eigenvalue weighted by molar-refractivity contribution is 7.80. The van der Waals surface area contributed by atoms with Gasteiger partial charge in [0.25, 0.3) is 11.6 Å². The molecule has 3 heterocycles. The molecule has 0 spiro atoms. The molecule has 2 aliphatic rings. The van der Waals surface area contributed by atoms with Gasteiger partial charge in [-0.05, 0) is 55.9 Å². The summed E-state index contributed by atoms with van der Waals surface area (Å²) < 4.78 is 7.31. The van der Waals surface area contributed by atoms with Crippen LogP contribution in [0.2, 0.25) is 0 Å². The van der Waals surface area contributed by atoms with Crippen molar-refractivity contribution in [2.45, 2.75) is 13.8 Å². The molecule has 1 aromatic heterocycles. The number of carbonyl (C=O) groups excluding carboxylic acids is 1. The normalized spacial score (nSPS) is 18.1. The van der Waals surface area contributed by atoms with Crippen LogP contribution in [0.25, 0.3) is 11.8 Å². The van der Waals surface area contributed by atoms with Crippen LogP contribution in [0.4, 0.5) is 11.4 Å². The summed E-state index contributed by atoms with van der Waals surface area (Å²) in [5.74, 6) is -0.194. The molecule has 2 fully saturated rings. The molecule has 4 rings (SSSR count). The number of likely N-dealkylation sites (N-methyl/N-ethyl adjacent to an activating group) is 1. The van der Waals surface area contributed by atoms with Crippen LogP contribution in [0.15, 0.2) is 30.0 Å². The molecule has 31 heavy (non-hydrogen) atoms. The number of hydrogen-bond donors (Lipinski definition) is 1. The lowest BCUT2D eigenvalue weighted by Crippen LogP contribution is -2.36. The summed E-state index contributed by atoms with van der Waals surface area (Å²) in [5, 5.41) is 15.1. The fourth-order valence-electron chi connectivity index (χ4n) is 3.98. The van der Waals surface area contributed by atoms with Crippen molar-refractivity contribution >= 4 is 40.7 Å². The van der Waals surface area contributed by atoms with Gasteiger partial charge in [0.15, 0.2) is 5.11 Å². The van der Waals surface area contributed by atoms with Gasteiger partial charge < -0.3 is 19.5 Å². The van der Waals surface area contributed by atoms with Crippen molar-refractivity contribution in [3.63, 3.8) is 0 Å². The second-order valence-electron chi connectivity index (χ2n) is 7.54. The van der Waals surface area contributed by atoms with Crippen molar-refractivity contribution < 1.29 is 14.5 Å². The number of ether oxygens (including phenoxy) is 1. The highest BCUT2D eigenvalue weighted by atomic mass is 32.1.